The molecule has 1 atom stereocenters. The van der Waals surface area contributed by atoms with Crippen molar-refractivity contribution >= 4 is 11.6 Å². The van der Waals surface area contributed by atoms with Crippen LogP contribution in [-0.2, 0) is 0 Å². The van der Waals surface area contributed by atoms with Gasteiger partial charge in [-0.05, 0) is 18.6 Å². The molecule has 0 aliphatic rings. The van der Waals surface area contributed by atoms with Gasteiger partial charge >= 0.3 is 0 Å². The van der Waals surface area contributed by atoms with Crippen LogP contribution in [0.4, 0.5) is 0 Å². The van der Waals surface area contributed by atoms with Crippen LogP contribution in [-0.4, -0.2) is 17.6 Å². The average molecular weight is 201 g/mol. The Morgan fingerprint density at radius 2 is 2.38 bits per heavy atom. The fourth-order valence-electron chi connectivity index (χ4n) is 0.769. The second kappa shape index (κ2) is 5.04. The Kier molecular flexibility index (Phi) is 3.99. The van der Waals surface area contributed by atoms with Gasteiger partial charge in [0.2, 0.25) is 0 Å². The summed E-state index contributed by atoms with van der Waals surface area (Å²) in [5.41, 5.74) is 5.68. The van der Waals surface area contributed by atoms with E-state index in [9.17, 15) is 0 Å². The zero-order valence-corrected chi connectivity index (χ0v) is 8.29. The lowest BCUT2D eigenvalue weighted by molar-refractivity contribution is 0.284. The minimum Gasteiger partial charge on any atom is -0.490 e. The lowest BCUT2D eigenvalue weighted by Gasteiger charge is -2.10. The molecule has 0 aromatic carbocycles. The van der Waals surface area contributed by atoms with Crippen molar-refractivity contribution < 1.29 is 4.74 Å². The van der Waals surface area contributed by atoms with E-state index in [0.717, 1.165) is 6.42 Å². The SMILES string of the molecule is CC[C@H](N)COc1ccc(Cl)nc1. The zero-order chi connectivity index (χ0) is 9.68. The number of hydrogen-bond donors (Lipinski definition) is 1. The number of aromatic nitrogens is 1. The molecule has 1 aromatic rings. The summed E-state index contributed by atoms with van der Waals surface area (Å²) < 4.78 is 5.37. The van der Waals surface area contributed by atoms with Crippen molar-refractivity contribution in [1.29, 1.82) is 0 Å². The topological polar surface area (TPSA) is 48.1 Å². The van der Waals surface area contributed by atoms with Crippen LogP contribution in [0.25, 0.3) is 0 Å². The molecule has 1 heterocycles. The highest BCUT2D eigenvalue weighted by Gasteiger charge is 2.00. The van der Waals surface area contributed by atoms with E-state index >= 15 is 0 Å². The van der Waals surface area contributed by atoms with Crippen molar-refractivity contribution in [2.75, 3.05) is 6.61 Å². The summed E-state index contributed by atoms with van der Waals surface area (Å²) in [6.07, 6.45) is 2.49. The first-order valence-electron chi connectivity index (χ1n) is 4.22. The molecule has 1 aromatic heterocycles. The molecule has 3 nitrogen and oxygen atoms in total. The quantitative estimate of drug-likeness (QED) is 0.755. The molecule has 0 aliphatic heterocycles. The molecule has 0 aliphatic carbocycles. The Balaban J connectivity index is 2.41. The Morgan fingerprint density at radius 1 is 1.62 bits per heavy atom. The normalized spacial score (nSPS) is 12.5. The highest BCUT2D eigenvalue weighted by atomic mass is 35.5. The minimum absolute atomic E-state index is 0.0793. The molecule has 0 bridgehead atoms. The number of nitrogens with two attached hydrogens (primary N) is 1. The molecular formula is C9H13ClN2O. The zero-order valence-electron chi connectivity index (χ0n) is 7.53. The molecular weight excluding hydrogens is 188 g/mol. The number of ether oxygens (including phenoxy) is 1. The minimum atomic E-state index is 0.0793. The lowest BCUT2D eigenvalue weighted by atomic mass is 10.3. The summed E-state index contributed by atoms with van der Waals surface area (Å²) >= 11 is 5.61. The van der Waals surface area contributed by atoms with Gasteiger partial charge in [0.25, 0.3) is 0 Å². The van der Waals surface area contributed by atoms with Crippen molar-refractivity contribution in [3.63, 3.8) is 0 Å². The van der Waals surface area contributed by atoms with E-state index in [-0.39, 0.29) is 6.04 Å². The Labute approximate surface area is 82.9 Å². The molecule has 13 heavy (non-hydrogen) atoms. The van der Waals surface area contributed by atoms with Gasteiger partial charge < -0.3 is 10.5 Å². The van der Waals surface area contributed by atoms with Gasteiger partial charge in [0.15, 0.2) is 0 Å². The first kappa shape index (κ1) is 10.3. The van der Waals surface area contributed by atoms with Gasteiger partial charge in [-0.3, -0.25) is 0 Å². The van der Waals surface area contributed by atoms with Crippen LogP contribution in [0.5, 0.6) is 5.75 Å². The standard InChI is InChI=1S/C9H13ClN2O/c1-2-7(11)6-13-8-3-4-9(10)12-5-8/h3-5,7H,2,6,11H2,1H3/t7-/m0/s1. The van der Waals surface area contributed by atoms with Gasteiger partial charge in [-0.25, -0.2) is 4.98 Å². The maximum Gasteiger partial charge on any atom is 0.137 e. The molecule has 0 amide bonds. The Hall–Kier alpha value is -0.800. The maximum atomic E-state index is 5.68. The number of pyridine rings is 1. The Morgan fingerprint density at radius 3 is 2.92 bits per heavy atom. The molecule has 72 valence electrons. The predicted molar refractivity (Wildman–Crippen MR) is 53.0 cm³/mol. The fourth-order valence-corrected chi connectivity index (χ4v) is 0.881. The summed E-state index contributed by atoms with van der Waals surface area (Å²) in [5.74, 6) is 0.702. The third-order valence-corrected chi connectivity index (χ3v) is 1.91. The van der Waals surface area contributed by atoms with Gasteiger partial charge in [0.05, 0.1) is 6.20 Å². The van der Waals surface area contributed by atoms with Crippen LogP contribution in [0.1, 0.15) is 13.3 Å². The summed E-state index contributed by atoms with van der Waals surface area (Å²) in [7, 11) is 0. The van der Waals surface area contributed by atoms with Crippen LogP contribution in [0.15, 0.2) is 18.3 Å². The fraction of sp³-hybridized carbons (Fsp3) is 0.444. The molecule has 4 heteroatoms. The summed E-state index contributed by atoms with van der Waals surface area (Å²) in [4.78, 5) is 3.88. The van der Waals surface area contributed by atoms with E-state index in [2.05, 4.69) is 4.98 Å². The van der Waals surface area contributed by atoms with Crippen LogP contribution < -0.4 is 10.5 Å². The van der Waals surface area contributed by atoms with Gasteiger partial charge in [-0.15, -0.1) is 0 Å². The van der Waals surface area contributed by atoms with E-state index in [4.69, 9.17) is 22.1 Å². The van der Waals surface area contributed by atoms with E-state index in [1.54, 1.807) is 18.3 Å². The van der Waals surface area contributed by atoms with Crippen LogP contribution in [0.3, 0.4) is 0 Å². The summed E-state index contributed by atoms with van der Waals surface area (Å²) in [6, 6.07) is 3.54. The second-order valence-electron chi connectivity index (χ2n) is 2.80. The van der Waals surface area contributed by atoms with Gasteiger partial charge in [0, 0.05) is 6.04 Å². The molecule has 0 fully saturated rings. The maximum absolute atomic E-state index is 5.68. The molecule has 2 N–H and O–H groups in total. The number of rotatable bonds is 4. The Bertz CT molecular complexity index is 250. The van der Waals surface area contributed by atoms with E-state index < -0.39 is 0 Å². The van der Waals surface area contributed by atoms with E-state index in [0.29, 0.717) is 17.5 Å². The number of hydrogen-bond acceptors (Lipinski definition) is 3. The number of halogens is 1. The summed E-state index contributed by atoms with van der Waals surface area (Å²) in [5, 5.41) is 0.465. The van der Waals surface area contributed by atoms with Crippen molar-refractivity contribution in [2.24, 2.45) is 5.73 Å². The van der Waals surface area contributed by atoms with Gasteiger partial charge in [-0.2, -0.15) is 0 Å². The first-order chi connectivity index (χ1) is 6.22. The largest absolute Gasteiger partial charge is 0.490 e. The average Bonchev–Trinajstić information content (AvgIpc) is 2.16. The first-order valence-corrected chi connectivity index (χ1v) is 4.60. The number of nitrogens with zero attached hydrogens (tertiary/aromatic N) is 1. The highest BCUT2D eigenvalue weighted by Crippen LogP contribution is 2.12. The third-order valence-electron chi connectivity index (χ3n) is 1.69. The second-order valence-corrected chi connectivity index (χ2v) is 3.18. The van der Waals surface area contributed by atoms with Crippen molar-refractivity contribution in [3.05, 3.63) is 23.5 Å². The van der Waals surface area contributed by atoms with Crippen molar-refractivity contribution in [3.8, 4) is 5.75 Å². The molecule has 1 rings (SSSR count). The van der Waals surface area contributed by atoms with Gasteiger partial charge in [-0.1, -0.05) is 18.5 Å². The van der Waals surface area contributed by atoms with Crippen LogP contribution in [0, 0.1) is 0 Å². The van der Waals surface area contributed by atoms with Gasteiger partial charge in [0.1, 0.15) is 17.5 Å². The molecule has 0 saturated heterocycles. The molecule has 0 spiro atoms. The summed E-state index contributed by atoms with van der Waals surface area (Å²) in [6.45, 7) is 2.54. The highest BCUT2D eigenvalue weighted by molar-refractivity contribution is 6.29. The lowest BCUT2D eigenvalue weighted by Crippen LogP contribution is -2.26. The molecule has 0 radical (unpaired) electrons. The third kappa shape index (κ3) is 3.61. The van der Waals surface area contributed by atoms with Crippen LogP contribution >= 0.6 is 11.6 Å². The van der Waals surface area contributed by atoms with Crippen LogP contribution in [0.2, 0.25) is 5.15 Å². The van der Waals surface area contributed by atoms with Crippen molar-refractivity contribution in [2.45, 2.75) is 19.4 Å². The molecule has 0 saturated carbocycles. The molecule has 0 unspecified atom stereocenters. The van der Waals surface area contributed by atoms with E-state index in [1.165, 1.54) is 0 Å². The predicted octanol–water partition coefficient (Wildman–Crippen LogP) is 1.85. The van der Waals surface area contributed by atoms with E-state index in [1.807, 2.05) is 6.92 Å². The monoisotopic (exact) mass is 200 g/mol. The smallest absolute Gasteiger partial charge is 0.137 e. The van der Waals surface area contributed by atoms with Crippen molar-refractivity contribution in [1.82, 2.24) is 4.98 Å².